The Balaban J connectivity index is 1.27. The molecule has 0 unspecified atom stereocenters. The lowest BCUT2D eigenvalue weighted by atomic mass is 10.2. The van der Waals surface area contributed by atoms with Crippen LogP contribution in [0.25, 0.3) is 11.4 Å². The van der Waals surface area contributed by atoms with Gasteiger partial charge >= 0.3 is 0 Å². The molecule has 4 rings (SSSR count). The monoisotopic (exact) mass is 409 g/mol. The molecule has 7 nitrogen and oxygen atoms in total. The summed E-state index contributed by atoms with van der Waals surface area (Å²) in [6.07, 6.45) is 4.95. The van der Waals surface area contributed by atoms with Gasteiger partial charge in [-0.15, -0.1) is 0 Å². The summed E-state index contributed by atoms with van der Waals surface area (Å²) in [5, 5.41) is 3.96. The molecular weight excluding hydrogens is 385 g/mol. The molecule has 3 heterocycles. The molecule has 0 N–H and O–H groups in total. The molecule has 1 aliphatic rings. The number of pyridine rings is 1. The summed E-state index contributed by atoms with van der Waals surface area (Å²) < 4.78 is 19.2. The lowest BCUT2D eigenvalue weighted by Gasteiger charge is -2.22. The van der Waals surface area contributed by atoms with Crippen molar-refractivity contribution in [3.05, 3.63) is 66.1 Å². The van der Waals surface area contributed by atoms with Crippen LogP contribution in [-0.2, 0) is 17.8 Å². The maximum absolute atomic E-state index is 13.9. The maximum Gasteiger partial charge on any atom is 0.227 e. The van der Waals surface area contributed by atoms with E-state index >= 15 is 0 Å². The molecule has 8 heteroatoms. The largest absolute Gasteiger partial charge is 0.341 e. The van der Waals surface area contributed by atoms with Crippen molar-refractivity contribution in [2.45, 2.75) is 25.8 Å². The number of rotatable bonds is 6. The minimum absolute atomic E-state index is 0.0730. The third-order valence-electron chi connectivity index (χ3n) is 5.23. The van der Waals surface area contributed by atoms with Gasteiger partial charge in [-0.3, -0.25) is 14.7 Å². The number of hydrogen-bond donors (Lipinski definition) is 0. The summed E-state index contributed by atoms with van der Waals surface area (Å²) in [7, 11) is 0. The van der Waals surface area contributed by atoms with Crippen LogP contribution >= 0.6 is 0 Å². The zero-order valence-corrected chi connectivity index (χ0v) is 16.7. The molecule has 0 saturated carbocycles. The quantitative estimate of drug-likeness (QED) is 0.623. The van der Waals surface area contributed by atoms with E-state index in [0.29, 0.717) is 49.8 Å². The number of benzene rings is 1. The summed E-state index contributed by atoms with van der Waals surface area (Å²) >= 11 is 0. The number of aromatic nitrogens is 3. The van der Waals surface area contributed by atoms with Crippen molar-refractivity contribution in [1.82, 2.24) is 24.9 Å². The van der Waals surface area contributed by atoms with Crippen LogP contribution in [0.2, 0.25) is 0 Å². The Morgan fingerprint density at radius 3 is 2.83 bits per heavy atom. The highest BCUT2D eigenvalue weighted by atomic mass is 19.1. The van der Waals surface area contributed by atoms with Gasteiger partial charge in [0, 0.05) is 69.1 Å². The van der Waals surface area contributed by atoms with Crippen LogP contribution in [0.3, 0.4) is 0 Å². The zero-order chi connectivity index (χ0) is 20.8. The van der Waals surface area contributed by atoms with Crippen molar-refractivity contribution < 1.29 is 13.7 Å². The van der Waals surface area contributed by atoms with E-state index < -0.39 is 0 Å². The molecule has 156 valence electrons. The Kier molecular flexibility index (Phi) is 6.44. The average molecular weight is 409 g/mol. The van der Waals surface area contributed by atoms with E-state index in [1.54, 1.807) is 18.5 Å². The first kappa shape index (κ1) is 20.2. The van der Waals surface area contributed by atoms with E-state index in [2.05, 4.69) is 20.0 Å². The van der Waals surface area contributed by atoms with Crippen LogP contribution in [0.15, 0.2) is 53.3 Å². The third kappa shape index (κ3) is 5.07. The molecule has 0 spiro atoms. The molecule has 1 aliphatic heterocycles. The third-order valence-corrected chi connectivity index (χ3v) is 5.23. The molecule has 1 aromatic carbocycles. The first-order valence-corrected chi connectivity index (χ1v) is 10.2. The van der Waals surface area contributed by atoms with Gasteiger partial charge in [-0.2, -0.15) is 4.98 Å². The van der Waals surface area contributed by atoms with E-state index in [9.17, 15) is 9.18 Å². The number of halogens is 1. The van der Waals surface area contributed by atoms with Crippen molar-refractivity contribution in [3.63, 3.8) is 0 Å². The van der Waals surface area contributed by atoms with Crippen molar-refractivity contribution in [1.29, 1.82) is 0 Å². The van der Waals surface area contributed by atoms with Crippen LogP contribution in [0, 0.1) is 5.82 Å². The Morgan fingerprint density at radius 2 is 2.00 bits per heavy atom. The molecule has 2 aromatic heterocycles. The maximum atomic E-state index is 13.9. The van der Waals surface area contributed by atoms with Gasteiger partial charge in [0.05, 0.1) is 0 Å². The highest BCUT2D eigenvalue weighted by Gasteiger charge is 2.20. The number of nitrogens with zero attached hydrogens (tertiary/aromatic N) is 5. The average Bonchev–Trinajstić information content (AvgIpc) is 3.13. The van der Waals surface area contributed by atoms with Crippen LogP contribution < -0.4 is 0 Å². The highest BCUT2D eigenvalue weighted by molar-refractivity contribution is 5.76. The summed E-state index contributed by atoms with van der Waals surface area (Å²) in [5.74, 6) is 0.811. The predicted molar refractivity (Wildman–Crippen MR) is 109 cm³/mol. The Bertz CT molecular complexity index is 978. The molecule has 1 amide bonds. The Labute approximate surface area is 174 Å². The number of hydrogen-bond acceptors (Lipinski definition) is 6. The Hall–Kier alpha value is -3.13. The topological polar surface area (TPSA) is 75.4 Å². The standard InChI is InChI=1S/C22H24FN5O2/c23-19-7-2-1-5-18(19)16-27-11-4-12-28(14-13-27)21(29)9-8-20-25-22(26-30-20)17-6-3-10-24-15-17/h1-3,5-7,10,15H,4,8-9,11-14,16H2. The van der Waals surface area contributed by atoms with Gasteiger partial charge in [0.25, 0.3) is 0 Å². The number of aryl methyl sites for hydroxylation is 1. The van der Waals surface area contributed by atoms with E-state index in [1.165, 1.54) is 6.07 Å². The fourth-order valence-electron chi connectivity index (χ4n) is 3.59. The van der Waals surface area contributed by atoms with Gasteiger partial charge in [-0.25, -0.2) is 4.39 Å². The number of carbonyl (C=O) groups is 1. The van der Waals surface area contributed by atoms with Gasteiger partial charge in [-0.05, 0) is 24.6 Å². The summed E-state index contributed by atoms with van der Waals surface area (Å²) in [6.45, 7) is 3.48. The second-order valence-corrected chi connectivity index (χ2v) is 7.36. The fourth-order valence-corrected chi connectivity index (χ4v) is 3.59. The molecule has 1 saturated heterocycles. The first-order valence-electron chi connectivity index (χ1n) is 10.2. The van der Waals surface area contributed by atoms with Crippen molar-refractivity contribution in [2.75, 3.05) is 26.2 Å². The van der Waals surface area contributed by atoms with Gasteiger partial charge < -0.3 is 9.42 Å². The van der Waals surface area contributed by atoms with Gasteiger partial charge in [-0.1, -0.05) is 23.4 Å². The Morgan fingerprint density at radius 1 is 1.10 bits per heavy atom. The molecule has 0 radical (unpaired) electrons. The molecule has 0 bridgehead atoms. The normalized spacial score (nSPS) is 15.2. The summed E-state index contributed by atoms with van der Waals surface area (Å²) in [5.41, 5.74) is 1.47. The molecule has 0 atom stereocenters. The van der Waals surface area contributed by atoms with Crippen molar-refractivity contribution in [2.24, 2.45) is 0 Å². The van der Waals surface area contributed by atoms with E-state index in [4.69, 9.17) is 4.52 Å². The van der Waals surface area contributed by atoms with Crippen LogP contribution in [0.1, 0.15) is 24.3 Å². The fraction of sp³-hybridized carbons (Fsp3) is 0.364. The smallest absolute Gasteiger partial charge is 0.227 e. The minimum atomic E-state index is -0.181. The highest BCUT2D eigenvalue weighted by Crippen LogP contribution is 2.16. The molecular formula is C22H24FN5O2. The van der Waals surface area contributed by atoms with Crippen LogP contribution in [0.4, 0.5) is 4.39 Å². The lowest BCUT2D eigenvalue weighted by molar-refractivity contribution is -0.131. The summed E-state index contributed by atoms with van der Waals surface area (Å²) in [4.78, 5) is 25.1. The number of carbonyl (C=O) groups excluding carboxylic acids is 1. The molecule has 30 heavy (non-hydrogen) atoms. The SMILES string of the molecule is O=C(CCc1nc(-c2cccnc2)no1)N1CCCN(Cc2ccccc2F)CC1. The van der Waals surface area contributed by atoms with E-state index in [1.807, 2.05) is 29.2 Å². The van der Waals surface area contributed by atoms with Crippen molar-refractivity contribution in [3.8, 4) is 11.4 Å². The van der Waals surface area contributed by atoms with E-state index in [0.717, 1.165) is 25.1 Å². The predicted octanol–water partition coefficient (Wildman–Crippen LogP) is 2.94. The van der Waals surface area contributed by atoms with Crippen LogP contribution in [-0.4, -0.2) is 57.0 Å². The summed E-state index contributed by atoms with van der Waals surface area (Å²) in [6, 6.07) is 10.5. The van der Waals surface area contributed by atoms with Gasteiger partial charge in [0.1, 0.15) is 5.82 Å². The molecule has 1 fully saturated rings. The lowest BCUT2D eigenvalue weighted by Crippen LogP contribution is -2.35. The van der Waals surface area contributed by atoms with Gasteiger partial charge in [0.2, 0.25) is 17.6 Å². The first-order chi connectivity index (χ1) is 14.7. The molecule has 3 aromatic rings. The zero-order valence-electron chi connectivity index (χ0n) is 16.7. The minimum Gasteiger partial charge on any atom is -0.341 e. The van der Waals surface area contributed by atoms with Crippen molar-refractivity contribution >= 4 is 5.91 Å². The van der Waals surface area contributed by atoms with Gasteiger partial charge in [0.15, 0.2) is 0 Å². The molecule has 0 aliphatic carbocycles. The van der Waals surface area contributed by atoms with E-state index in [-0.39, 0.29) is 11.7 Å². The van der Waals surface area contributed by atoms with Crippen LogP contribution in [0.5, 0.6) is 0 Å². The second kappa shape index (κ2) is 9.58. The number of amides is 1. The second-order valence-electron chi connectivity index (χ2n) is 7.36.